The summed E-state index contributed by atoms with van der Waals surface area (Å²) >= 11 is 0. The number of amides is 3. The van der Waals surface area contributed by atoms with Crippen LogP contribution in [0.2, 0.25) is 0 Å². The molecule has 0 saturated heterocycles. The SMILES string of the molecule is CCCC[C@H](NC=O)C(=O)N[C@@H](CC(C)C)C(=O)N[C@@H](Cc1ccccc1)C(=O)O. The van der Waals surface area contributed by atoms with Crippen LogP contribution in [0, 0.1) is 5.92 Å². The van der Waals surface area contributed by atoms with E-state index in [2.05, 4.69) is 16.0 Å². The van der Waals surface area contributed by atoms with Crippen molar-refractivity contribution in [3.05, 3.63) is 35.9 Å². The Morgan fingerprint density at radius 3 is 2.13 bits per heavy atom. The van der Waals surface area contributed by atoms with Crippen molar-refractivity contribution in [1.29, 1.82) is 0 Å². The topological polar surface area (TPSA) is 125 Å². The van der Waals surface area contributed by atoms with E-state index in [1.807, 2.05) is 26.8 Å². The Hall–Kier alpha value is -2.90. The normalized spacial score (nSPS) is 13.7. The van der Waals surface area contributed by atoms with Gasteiger partial charge >= 0.3 is 5.97 Å². The summed E-state index contributed by atoms with van der Waals surface area (Å²) in [6, 6.07) is 6.27. The van der Waals surface area contributed by atoms with E-state index in [1.165, 1.54) is 0 Å². The van der Waals surface area contributed by atoms with Crippen molar-refractivity contribution >= 4 is 24.2 Å². The van der Waals surface area contributed by atoms with Gasteiger partial charge in [0.1, 0.15) is 18.1 Å². The Kier molecular flexibility index (Phi) is 11.2. The first kappa shape index (κ1) is 25.1. The van der Waals surface area contributed by atoms with Gasteiger partial charge in [-0.2, -0.15) is 0 Å². The molecular formula is C22H33N3O5. The molecule has 30 heavy (non-hydrogen) atoms. The van der Waals surface area contributed by atoms with Crippen molar-refractivity contribution in [2.45, 2.75) is 71.0 Å². The highest BCUT2D eigenvalue weighted by molar-refractivity contribution is 5.92. The van der Waals surface area contributed by atoms with E-state index < -0.39 is 35.9 Å². The number of hydrogen-bond acceptors (Lipinski definition) is 4. The van der Waals surface area contributed by atoms with E-state index in [-0.39, 0.29) is 12.3 Å². The minimum absolute atomic E-state index is 0.0894. The zero-order chi connectivity index (χ0) is 22.5. The van der Waals surface area contributed by atoms with Gasteiger partial charge in [0.2, 0.25) is 18.2 Å². The fraction of sp³-hybridized carbons (Fsp3) is 0.545. The number of nitrogens with one attached hydrogen (secondary N) is 3. The van der Waals surface area contributed by atoms with Crippen molar-refractivity contribution in [2.24, 2.45) is 5.92 Å². The second-order valence-electron chi connectivity index (χ2n) is 7.76. The predicted octanol–water partition coefficient (Wildman–Crippen LogP) is 1.63. The smallest absolute Gasteiger partial charge is 0.326 e. The number of aliphatic carboxylic acids is 1. The zero-order valence-corrected chi connectivity index (χ0v) is 17.9. The number of carboxylic acid groups (broad SMARTS) is 1. The molecule has 0 aliphatic heterocycles. The minimum atomic E-state index is -1.15. The van der Waals surface area contributed by atoms with Crippen LogP contribution in [-0.4, -0.2) is 47.4 Å². The second-order valence-corrected chi connectivity index (χ2v) is 7.76. The Morgan fingerprint density at radius 2 is 1.60 bits per heavy atom. The number of hydrogen-bond donors (Lipinski definition) is 4. The Labute approximate surface area is 177 Å². The summed E-state index contributed by atoms with van der Waals surface area (Å²) in [5, 5.41) is 17.3. The highest BCUT2D eigenvalue weighted by atomic mass is 16.4. The largest absolute Gasteiger partial charge is 0.480 e. The quantitative estimate of drug-likeness (QED) is 0.341. The lowest BCUT2D eigenvalue weighted by Gasteiger charge is -2.25. The highest BCUT2D eigenvalue weighted by Crippen LogP contribution is 2.09. The molecule has 0 unspecified atom stereocenters. The van der Waals surface area contributed by atoms with Gasteiger partial charge in [-0.1, -0.05) is 63.9 Å². The summed E-state index contributed by atoms with van der Waals surface area (Å²) < 4.78 is 0. The maximum Gasteiger partial charge on any atom is 0.326 e. The first-order chi connectivity index (χ1) is 14.3. The number of benzene rings is 1. The van der Waals surface area contributed by atoms with Crippen LogP contribution in [0.5, 0.6) is 0 Å². The fourth-order valence-corrected chi connectivity index (χ4v) is 3.08. The molecule has 1 rings (SSSR count). The molecule has 166 valence electrons. The number of unbranched alkanes of at least 4 members (excludes halogenated alkanes) is 1. The van der Waals surface area contributed by atoms with Crippen LogP contribution in [-0.2, 0) is 25.6 Å². The fourth-order valence-electron chi connectivity index (χ4n) is 3.08. The molecule has 0 heterocycles. The third-order valence-electron chi connectivity index (χ3n) is 4.67. The molecule has 1 aromatic rings. The van der Waals surface area contributed by atoms with Gasteiger partial charge in [-0.3, -0.25) is 14.4 Å². The van der Waals surface area contributed by atoms with Gasteiger partial charge in [0, 0.05) is 6.42 Å². The van der Waals surface area contributed by atoms with Gasteiger partial charge in [0.05, 0.1) is 0 Å². The minimum Gasteiger partial charge on any atom is -0.480 e. The zero-order valence-electron chi connectivity index (χ0n) is 17.9. The van der Waals surface area contributed by atoms with Crippen LogP contribution in [0.4, 0.5) is 0 Å². The molecule has 0 saturated carbocycles. The summed E-state index contributed by atoms with van der Waals surface area (Å²) in [7, 11) is 0. The van der Waals surface area contributed by atoms with Gasteiger partial charge in [-0.25, -0.2) is 4.79 Å². The summed E-state index contributed by atoms with van der Waals surface area (Å²) in [6.07, 6.45) is 3.02. The van der Waals surface area contributed by atoms with Crippen LogP contribution in [0.1, 0.15) is 52.0 Å². The van der Waals surface area contributed by atoms with Crippen molar-refractivity contribution in [1.82, 2.24) is 16.0 Å². The lowest BCUT2D eigenvalue weighted by Crippen LogP contribution is -2.55. The number of carbonyl (C=O) groups is 4. The van der Waals surface area contributed by atoms with Crippen LogP contribution < -0.4 is 16.0 Å². The third kappa shape index (κ3) is 9.07. The molecule has 3 atom stereocenters. The molecule has 8 nitrogen and oxygen atoms in total. The molecule has 0 radical (unpaired) electrons. The first-order valence-corrected chi connectivity index (χ1v) is 10.4. The van der Waals surface area contributed by atoms with Crippen LogP contribution in [0.3, 0.4) is 0 Å². The lowest BCUT2D eigenvalue weighted by atomic mass is 10.0. The molecule has 3 amide bonds. The predicted molar refractivity (Wildman–Crippen MR) is 114 cm³/mol. The monoisotopic (exact) mass is 419 g/mol. The molecule has 1 aromatic carbocycles. The van der Waals surface area contributed by atoms with Gasteiger partial charge < -0.3 is 21.1 Å². The maximum atomic E-state index is 12.8. The number of carboxylic acids is 1. The average Bonchev–Trinajstić information content (AvgIpc) is 2.70. The van der Waals surface area contributed by atoms with Crippen molar-refractivity contribution < 1.29 is 24.3 Å². The highest BCUT2D eigenvalue weighted by Gasteiger charge is 2.29. The average molecular weight is 420 g/mol. The summed E-state index contributed by atoms with van der Waals surface area (Å²) in [5.41, 5.74) is 0.782. The van der Waals surface area contributed by atoms with Crippen molar-refractivity contribution in [2.75, 3.05) is 0 Å². The molecular weight excluding hydrogens is 386 g/mol. The molecule has 8 heteroatoms. The molecule has 0 aromatic heterocycles. The summed E-state index contributed by atoms with van der Waals surface area (Å²) in [5.74, 6) is -2.07. The Balaban J connectivity index is 2.88. The van der Waals surface area contributed by atoms with Gasteiger partial charge in [-0.15, -0.1) is 0 Å². The molecule has 0 aliphatic rings. The van der Waals surface area contributed by atoms with Gasteiger partial charge in [0.25, 0.3) is 0 Å². The third-order valence-corrected chi connectivity index (χ3v) is 4.67. The standard InChI is InChI=1S/C22H33N3O5/c1-4-5-11-17(23-14-26)20(27)24-18(12-15(2)3)21(28)25-19(22(29)30)13-16-9-7-6-8-10-16/h6-10,14-15,17-19H,4-5,11-13H2,1-3H3,(H,23,26)(H,24,27)(H,25,28)(H,29,30)/t17-,18-,19-/m0/s1. The van der Waals surface area contributed by atoms with E-state index in [4.69, 9.17) is 0 Å². The molecule has 0 aliphatic carbocycles. The van der Waals surface area contributed by atoms with E-state index in [0.29, 0.717) is 19.3 Å². The molecule has 0 spiro atoms. The van der Waals surface area contributed by atoms with E-state index in [1.54, 1.807) is 24.3 Å². The lowest BCUT2D eigenvalue weighted by molar-refractivity contribution is -0.142. The van der Waals surface area contributed by atoms with Crippen LogP contribution in [0.15, 0.2) is 30.3 Å². The van der Waals surface area contributed by atoms with E-state index in [0.717, 1.165) is 18.4 Å². The Bertz CT molecular complexity index is 693. The first-order valence-electron chi connectivity index (χ1n) is 10.4. The van der Waals surface area contributed by atoms with Gasteiger partial charge in [0.15, 0.2) is 0 Å². The summed E-state index contributed by atoms with van der Waals surface area (Å²) in [4.78, 5) is 48.0. The second kappa shape index (κ2) is 13.3. The van der Waals surface area contributed by atoms with Crippen molar-refractivity contribution in [3.63, 3.8) is 0 Å². The Morgan fingerprint density at radius 1 is 1.00 bits per heavy atom. The van der Waals surface area contributed by atoms with Gasteiger partial charge in [-0.05, 0) is 24.3 Å². The van der Waals surface area contributed by atoms with E-state index in [9.17, 15) is 24.3 Å². The van der Waals surface area contributed by atoms with Crippen LogP contribution in [0.25, 0.3) is 0 Å². The van der Waals surface area contributed by atoms with E-state index >= 15 is 0 Å². The van der Waals surface area contributed by atoms with Crippen molar-refractivity contribution in [3.8, 4) is 0 Å². The molecule has 0 bridgehead atoms. The number of carbonyl (C=O) groups excluding carboxylic acids is 3. The summed E-state index contributed by atoms with van der Waals surface area (Å²) in [6.45, 7) is 5.79. The molecule has 4 N–H and O–H groups in total. The maximum absolute atomic E-state index is 12.8. The number of rotatable bonds is 14. The van der Waals surface area contributed by atoms with Crippen LogP contribution >= 0.6 is 0 Å². The molecule has 0 fully saturated rings.